The maximum atomic E-state index is 5.97. The molecule has 20 heavy (non-hydrogen) atoms. The van der Waals surface area contributed by atoms with E-state index in [0.29, 0.717) is 6.04 Å². The first-order chi connectivity index (χ1) is 9.74. The van der Waals surface area contributed by atoms with Gasteiger partial charge in [0.25, 0.3) is 0 Å². The van der Waals surface area contributed by atoms with Crippen LogP contribution in [-0.4, -0.2) is 29.1 Å². The monoisotopic (exact) mass is 288 g/mol. The van der Waals surface area contributed by atoms with Gasteiger partial charge in [0.1, 0.15) is 6.33 Å². The minimum absolute atomic E-state index is 0.315. The summed E-state index contributed by atoms with van der Waals surface area (Å²) >= 11 is 5.95. The number of hydrogen-bond acceptors (Lipinski definition) is 4. The summed E-state index contributed by atoms with van der Waals surface area (Å²) in [6, 6.07) is 8.06. The van der Waals surface area contributed by atoms with Gasteiger partial charge in [0.2, 0.25) is 0 Å². The molecule has 0 radical (unpaired) electrons. The molecule has 2 N–H and O–H groups in total. The number of hydrogen-bond donors (Lipinski definition) is 1. The molecule has 1 fully saturated rings. The fourth-order valence-electron chi connectivity index (χ4n) is 2.52. The molecule has 2 heterocycles. The molecule has 0 bridgehead atoms. The lowest BCUT2D eigenvalue weighted by atomic mass is 10.0. The molecule has 0 saturated carbocycles. The number of halogens is 1. The maximum Gasteiger partial charge on any atom is 0.116 e. The van der Waals surface area contributed by atoms with Gasteiger partial charge in [-0.25, -0.2) is 9.97 Å². The smallest absolute Gasteiger partial charge is 0.116 e. The molecule has 0 amide bonds. The molecule has 3 rings (SSSR count). The summed E-state index contributed by atoms with van der Waals surface area (Å²) in [5, 5.41) is 0.730. The van der Waals surface area contributed by atoms with Crippen molar-refractivity contribution < 1.29 is 0 Å². The molecule has 0 unspecified atom stereocenters. The third-order valence-corrected chi connectivity index (χ3v) is 3.94. The highest BCUT2D eigenvalue weighted by molar-refractivity contribution is 6.30. The summed E-state index contributed by atoms with van der Waals surface area (Å²) in [6.45, 7) is 1.91. The van der Waals surface area contributed by atoms with Crippen LogP contribution >= 0.6 is 11.6 Å². The van der Waals surface area contributed by atoms with Crippen molar-refractivity contribution in [3.05, 3.63) is 41.8 Å². The average Bonchev–Trinajstić information content (AvgIpc) is 2.49. The van der Waals surface area contributed by atoms with E-state index in [-0.39, 0.29) is 0 Å². The topological polar surface area (TPSA) is 55.0 Å². The number of nitrogens with zero attached hydrogens (tertiary/aromatic N) is 3. The van der Waals surface area contributed by atoms with Gasteiger partial charge in [-0.05, 0) is 25.0 Å². The third-order valence-electron chi connectivity index (χ3n) is 3.69. The van der Waals surface area contributed by atoms with E-state index in [1.54, 1.807) is 6.33 Å². The quantitative estimate of drug-likeness (QED) is 0.923. The van der Waals surface area contributed by atoms with Crippen LogP contribution in [0.3, 0.4) is 0 Å². The van der Waals surface area contributed by atoms with E-state index in [0.717, 1.165) is 47.9 Å². The minimum Gasteiger partial charge on any atom is -0.368 e. The molecule has 4 nitrogen and oxygen atoms in total. The van der Waals surface area contributed by atoms with Crippen LogP contribution in [0.25, 0.3) is 11.3 Å². The van der Waals surface area contributed by atoms with Crippen LogP contribution in [0.4, 0.5) is 5.69 Å². The van der Waals surface area contributed by atoms with Crippen molar-refractivity contribution in [3.8, 4) is 11.3 Å². The zero-order valence-corrected chi connectivity index (χ0v) is 11.9. The Morgan fingerprint density at radius 2 is 1.85 bits per heavy atom. The number of nitrogens with two attached hydrogens (primary N) is 1. The SMILES string of the molecule is NC1CCN(c2cncnc2-c2ccc(Cl)cc2)CC1. The molecule has 2 aromatic rings. The third kappa shape index (κ3) is 2.76. The van der Waals surface area contributed by atoms with E-state index in [2.05, 4.69) is 14.9 Å². The minimum atomic E-state index is 0.315. The second kappa shape index (κ2) is 5.77. The molecule has 1 aliphatic rings. The molecule has 1 aliphatic heterocycles. The lowest BCUT2D eigenvalue weighted by Crippen LogP contribution is -2.40. The Morgan fingerprint density at radius 3 is 2.55 bits per heavy atom. The Labute approximate surface area is 123 Å². The van der Waals surface area contributed by atoms with Crippen molar-refractivity contribution in [2.75, 3.05) is 18.0 Å². The number of aromatic nitrogens is 2. The van der Waals surface area contributed by atoms with E-state index in [1.807, 2.05) is 30.5 Å². The summed E-state index contributed by atoms with van der Waals surface area (Å²) in [7, 11) is 0. The van der Waals surface area contributed by atoms with Crippen molar-refractivity contribution in [3.63, 3.8) is 0 Å². The zero-order chi connectivity index (χ0) is 13.9. The van der Waals surface area contributed by atoms with E-state index in [9.17, 15) is 0 Å². The van der Waals surface area contributed by atoms with E-state index >= 15 is 0 Å². The summed E-state index contributed by atoms with van der Waals surface area (Å²) in [5.74, 6) is 0. The average molecular weight is 289 g/mol. The van der Waals surface area contributed by atoms with Crippen LogP contribution in [0.15, 0.2) is 36.8 Å². The molecule has 0 spiro atoms. The lowest BCUT2D eigenvalue weighted by Gasteiger charge is -2.32. The van der Waals surface area contributed by atoms with Crippen molar-refractivity contribution in [1.29, 1.82) is 0 Å². The maximum absolute atomic E-state index is 5.97. The Bertz CT molecular complexity index is 577. The highest BCUT2D eigenvalue weighted by Gasteiger charge is 2.19. The van der Waals surface area contributed by atoms with Crippen LogP contribution in [0.2, 0.25) is 5.02 Å². The Balaban J connectivity index is 1.94. The molecule has 104 valence electrons. The molecule has 0 atom stereocenters. The predicted molar refractivity (Wildman–Crippen MR) is 81.9 cm³/mol. The van der Waals surface area contributed by atoms with Gasteiger partial charge >= 0.3 is 0 Å². The normalized spacial score (nSPS) is 16.4. The van der Waals surface area contributed by atoms with Gasteiger partial charge in [-0.15, -0.1) is 0 Å². The Hall–Kier alpha value is -1.65. The molecule has 1 aromatic carbocycles. The van der Waals surface area contributed by atoms with Crippen LogP contribution in [-0.2, 0) is 0 Å². The molecule has 1 aromatic heterocycles. The predicted octanol–water partition coefficient (Wildman–Crippen LogP) is 2.72. The van der Waals surface area contributed by atoms with Crippen LogP contribution in [0, 0.1) is 0 Å². The van der Waals surface area contributed by atoms with Crippen LogP contribution < -0.4 is 10.6 Å². The van der Waals surface area contributed by atoms with Gasteiger partial charge in [0.05, 0.1) is 17.6 Å². The Kier molecular flexibility index (Phi) is 3.85. The standard InChI is InChI=1S/C15H17ClN4/c16-12-3-1-11(2-4-12)15-14(9-18-10-19-15)20-7-5-13(17)6-8-20/h1-4,9-10,13H,5-8,17H2. The van der Waals surface area contributed by atoms with E-state index in [4.69, 9.17) is 17.3 Å². The van der Waals surface area contributed by atoms with Crippen molar-refractivity contribution in [1.82, 2.24) is 9.97 Å². The number of benzene rings is 1. The molecular formula is C15H17ClN4. The highest BCUT2D eigenvalue weighted by atomic mass is 35.5. The number of piperidine rings is 1. The molecule has 5 heteroatoms. The fraction of sp³-hybridized carbons (Fsp3) is 0.333. The van der Waals surface area contributed by atoms with Crippen molar-refractivity contribution >= 4 is 17.3 Å². The Morgan fingerprint density at radius 1 is 1.15 bits per heavy atom. The first kappa shape index (κ1) is 13.3. The van der Waals surface area contributed by atoms with Crippen LogP contribution in [0.1, 0.15) is 12.8 Å². The number of anilines is 1. The summed E-state index contributed by atoms with van der Waals surface area (Å²) in [4.78, 5) is 10.9. The van der Waals surface area contributed by atoms with Crippen LogP contribution in [0.5, 0.6) is 0 Å². The lowest BCUT2D eigenvalue weighted by molar-refractivity contribution is 0.501. The van der Waals surface area contributed by atoms with Gasteiger partial charge in [-0.1, -0.05) is 23.7 Å². The fourth-order valence-corrected chi connectivity index (χ4v) is 2.65. The number of rotatable bonds is 2. The second-order valence-corrected chi connectivity index (χ2v) is 5.52. The molecule has 0 aliphatic carbocycles. The highest BCUT2D eigenvalue weighted by Crippen LogP contribution is 2.30. The van der Waals surface area contributed by atoms with Crippen molar-refractivity contribution in [2.45, 2.75) is 18.9 Å². The first-order valence-corrected chi connectivity index (χ1v) is 7.18. The molecule has 1 saturated heterocycles. The summed E-state index contributed by atoms with van der Waals surface area (Å²) < 4.78 is 0. The van der Waals surface area contributed by atoms with Crippen molar-refractivity contribution in [2.24, 2.45) is 5.73 Å². The van der Waals surface area contributed by atoms with Gasteiger partial charge in [0, 0.05) is 29.7 Å². The van der Waals surface area contributed by atoms with Gasteiger partial charge < -0.3 is 10.6 Å². The van der Waals surface area contributed by atoms with E-state index in [1.165, 1.54) is 0 Å². The summed E-state index contributed by atoms with van der Waals surface area (Å²) in [6.07, 6.45) is 5.49. The second-order valence-electron chi connectivity index (χ2n) is 5.09. The van der Waals surface area contributed by atoms with E-state index < -0.39 is 0 Å². The molecular weight excluding hydrogens is 272 g/mol. The largest absolute Gasteiger partial charge is 0.368 e. The van der Waals surface area contributed by atoms with Gasteiger partial charge in [-0.3, -0.25) is 0 Å². The zero-order valence-electron chi connectivity index (χ0n) is 11.2. The van der Waals surface area contributed by atoms with Gasteiger partial charge in [0.15, 0.2) is 0 Å². The first-order valence-electron chi connectivity index (χ1n) is 6.80. The summed E-state index contributed by atoms with van der Waals surface area (Å²) in [5.41, 5.74) is 9.05. The van der Waals surface area contributed by atoms with Gasteiger partial charge in [-0.2, -0.15) is 0 Å².